The number of nitrogens with one attached hydrogen (secondary N) is 1. The molecule has 1 aliphatic heterocycles. The van der Waals surface area contributed by atoms with Gasteiger partial charge >= 0.3 is 0 Å². The van der Waals surface area contributed by atoms with E-state index >= 15 is 0 Å². The molecule has 1 spiro atoms. The van der Waals surface area contributed by atoms with E-state index in [1.165, 1.54) is 24.8 Å². The van der Waals surface area contributed by atoms with E-state index in [2.05, 4.69) is 35.8 Å². The summed E-state index contributed by atoms with van der Waals surface area (Å²) in [5.41, 5.74) is 1.85. The third-order valence-corrected chi connectivity index (χ3v) is 3.39. The Morgan fingerprint density at radius 3 is 3.42 bits per heavy atom. The minimum atomic E-state index is 0.359. The van der Waals surface area contributed by atoms with E-state index in [0.29, 0.717) is 11.5 Å². The zero-order valence-corrected chi connectivity index (χ0v) is 7.09. The second-order valence-corrected chi connectivity index (χ2v) is 3.95. The SMILES string of the molecule is C1=CC23CC=CC2=CNC3CC1. The first-order valence-corrected chi connectivity index (χ1v) is 4.73. The molecule has 0 radical (unpaired) electrons. The first-order chi connectivity index (χ1) is 5.92. The highest BCUT2D eigenvalue weighted by Crippen LogP contribution is 2.48. The van der Waals surface area contributed by atoms with Crippen molar-refractivity contribution in [2.24, 2.45) is 5.41 Å². The summed E-state index contributed by atoms with van der Waals surface area (Å²) in [5.74, 6) is 0. The van der Waals surface area contributed by atoms with Gasteiger partial charge in [0.1, 0.15) is 0 Å². The Balaban J connectivity index is 2.10. The summed E-state index contributed by atoms with van der Waals surface area (Å²) in [5, 5.41) is 3.49. The van der Waals surface area contributed by atoms with Gasteiger partial charge in [-0.2, -0.15) is 0 Å². The van der Waals surface area contributed by atoms with Gasteiger partial charge in [0.05, 0.1) is 0 Å². The van der Waals surface area contributed by atoms with Crippen LogP contribution in [-0.4, -0.2) is 6.04 Å². The molecule has 0 aromatic rings. The van der Waals surface area contributed by atoms with E-state index in [1.54, 1.807) is 0 Å². The molecule has 12 heavy (non-hydrogen) atoms. The lowest BCUT2D eigenvalue weighted by atomic mass is 9.72. The molecule has 3 aliphatic rings. The summed E-state index contributed by atoms with van der Waals surface area (Å²) >= 11 is 0. The summed E-state index contributed by atoms with van der Waals surface area (Å²) in [4.78, 5) is 0. The van der Waals surface area contributed by atoms with Crippen molar-refractivity contribution < 1.29 is 0 Å². The summed E-state index contributed by atoms with van der Waals surface area (Å²) in [6.45, 7) is 0. The number of hydrogen-bond donors (Lipinski definition) is 1. The van der Waals surface area contributed by atoms with Crippen LogP contribution in [0.4, 0.5) is 0 Å². The van der Waals surface area contributed by atoms with Gasteiger partial charge in [-0.25, -0.2) is 0 Å². The largest absolute Gasteiger partial charge is 0.387 e. The first-order valence-electron chi connectivity index (χ1n) is 4.73. The average molecular weight is 159 g/mol. The van der Waals surface area contributed by atoms with Crippen LogP contribution in [0.3, 0.4) is 0 Å². The highest BCUT2D eigenvalue weighted by atomic mass is 15.0. The maximum absolute atomic E-state index is 3.49. The monoisotopic (exact) mass is 159 g/mol. The molecule has 0 fully saturated rings. The van der Waals surface area contributed by atoms with Crippen LogP contribution in [0.2, 0.25) is 0 Å². The van der Waals surface area contributed by atoms with Crippen molar-refractivity contribution >= 4 is 0 Å². The number of rotatable bonds is 0. The first kappa shape index (κ1) is 6.53. The maximum Gasteiger partial charge on any atom is 0.0393 e. The highest BCUT2D eigenvalue weighted by Gasteiger charge is 2.44. The minimum Gasteiger partial charge on any atom is -0.387 e. The van der Waals surface area contributed by atoms with Crippen molar-refractivity contribution in [1.82, 2.24) is 5.32 Å². The molecule has 2 atom stereocenters. The van der Waals surface area contributed by atoms with Crippen LogP contribution in [0.25, 0.3) is 0 Å². The summed E-state index contributed by atoms with van der Waals surface area (Å²) in [6, 6.07) is 0.674. The van der Waals surface area contributed by atoms with Crippen LogP contribution < -0.4 is 5.32 Å². The Labute approximate surface area is 72.9 Å². The average Bonchev–Trinajstić information content (AvgIpc) is 2.59. The van der Waals surface area contributed by atoms with E-state index < -0.39 is 0 Å². The molecule has 2 unspecified atom stereocenters. The fraction of sp³-hybridized carbons (Fsp3) is 0.455. The molecule has 0 aromatic heterocycles. The minimum absolute atomic E-state index is 0.359. The van der Waals surface area contributed by atoms with Crippen LogP contribution in [0.1, 0.15) is 19.3 Å². The Hall–Kier alpha value is -0.980. The van der Waals surface area contributed by atoms with Gasteiger partial charge in [0.25, 0.3) is 0 Å². The molecule has 0 saturated heterocycles. The second-order valence-electron chi connectivity index (χ2n) is 3.95. The van der Waals surface area contributed by atoms with Gasteiger partial charge < -0.3 is 5.32 Å². The second kappa shape index (κ2) is 2.03. The van der Waals surface area contributed by atoms with Gasteiger partial charge in [-0.05, 0) is 24.8 Å². The molecular weight excluding hydrogens is 146 g/mol. The highest BCUT2D eigenvalue weighted by molar-refractivity contribution is 5.44. The van der Waals surface area contributed by atoms with E-state index in [1.807, 2.05) is 0 Å². The van der Waals surface area contributed by atoms with Gasteiger partial charge in [-0.15, -0.1) is 0 Å². The molecule has 1 N–H and O–H groups in total. The third kappa shape index (κ3) is 0.603. The number of allylic oxidation sites excluding steroid dienone is 3. The summed E-state index contributed by atoms with van der Waals surface area (Å²) < 4.78 is 0. The van der Waals surface area contributed by atoms with Gasteiger partial charge in [-0.1, -0.05) is 24.3 Å². The van der Waals surface area contributed by atoms with Crippen molar-refractivity contribution in [2.45, 2.75) is 25.3 Å². The molecule has 2 aliphatic carbocycles. The zero-order chi connectivity index (χ0) is 8.02. The Bertz CT molecular complexity index is 298. The fourth-order valence-electron chi connectivity index (χ4n) is 2.70. The Morgan fingerprint density at radius 2 is 2.42 bits per heavy atom. The number of hydrogen-bond acceptors (Lipinski definition) is 1. The lowest BCUT2D eigenvalue weighted by Crippen LogP contribution is -2.37. The van der Waals surface area contributed by atoms with E-state index in [9.17, 15) is 0 Å². The fourth-order valence-corrected chi connectivity index (χ4v) is 2.70. The molecule has 0 amide bonds. The van der Waals surface area contributed by atoms with Crippen LogP contribution in [-0.2, 0) is 0 Å². The molecular formula is C11H13N. The lowest BCUT2D eigenvalue weighted by molar-refractivity contribution is 0.344. The van der Waals surface area contributed by atoms with Crippen molar-refractivity contribution in [2.75, 3.05) is 0 Å². The molecule has 1 nitrogen and oxygen atoms in total. The van der Waals surface area contributed by atoms with Gasteiger partial charge in [0.2, 0.25) is 0 Å². The maximum atomic E-state index is 3.49. The lowest BCUT2D eigenvalue weighted by Gasteiger charge is -2.33. The molecule has 1 heteroatoms. The van der Waals surface area contributed by atoms with E-state index in [-0.39, 0.29) is 0 Å². The predicted octanol–water partition coefficient (Wildman–Crippen LogP) is 2.14. The molecule has 0 aromatic carbocycles. The standard InChI is InChI=1S/C11H13N/c1-2-6-11-7-3-4-9(11)8-12-10(11)5-1/h2-4,6,8,10,12H,1,5,7H2. The van der Waals surface area contributed by atoms with E-state index in [4.69, 9.17) is 0 Å². The summed E-state index contributed by atoms with van der Waals surface area (Å²) in [7, 11) is 0. The van der Waals surface area contributed by atoms with Crippen LogP contribution in [0.15, 0.2) is 36.1 Å². The molecule has 0 saturated carbocycles. The van der Waals surface area contributed by atoms with Crippen LogP contribution in [0, 0.1) is 5.41 Å². The zero-order valence-electron chi connectivity index (χ0n) is 7.09. The molecule has 0 bridgehead atoms. The van der Waals surface area contributed by atoms with E-state index in [0.717, 1.165) is 0 Å². The predicted molar refractivity (Wildman–Crippen MR) is 49.6 cm³/mol. The Morgan fingerprint density at radius 1 is 1.42 bits per heavy atom. The van der Waals surface area contributed by atoms with Crippen molar-refractivity contribution in [3.05, 3.63) is 36.1 Å². The molecule has 1 heterocycles. The van der Waals surface area contributed by atoms with Gasteiger partial charge in [-0.3, -0.25) is 0 Å². The van der Waals surface area contributed by atoms with Gasteiger partial charge in [0, 0.05) is 17.7 Å². The smallest absolute Gasteiger partial charge is 0.0393 e. The normalized spacial score (nSPS) is 42.0. The van der Waals surface area contributed by atoms with Crippen molar-refractivity contribution in [3.63, 3.8) is 0 Å². The van der Waals surface area contributed by atoms with Crippen LogP contribution >= 0.6 is 0 Å². The quantitative estimate of drug-likeness (QED) is 0.534. The molecule has 3 rings (SSSR count). The molecule has 62 valence electrons. The van der Waals surface area contributed by atoms with Crippen molar-refractivity contribution in [1.29, 1.82) is 0 Å². The van der Waals surface area contributed by atoms with Gasteiger partial charge in [0.15, 0.2) is 0 Å². The van der Waals surface area contributed by atoms with Crippen molar-refractivity contribution in [3.8, 4) is 0 Å². The summed E-state index contributed by atoms with van der Waals surface area (Å²) in [6.07, 6.45) is 15.2. The van der Waals surface area contributed by atoms with Crippen LogP contribution in [0.5, 0.6) is 0 Å². The topological polar surface area (TPSA) is 12.0 Å². The Kier molecular flexibility index (Phi) is 1.11. The third-order valence-electron chi connectivity index (χ3n) is 3.39.